The van der Waals surface area contributed by atoms with Gasteiger partial charge in [0.1, 0.15) is 0 Å². The summed E-state index contributed by atoms with van der Waals surface area (Å²) in [6, 6.07) is 10.2. The van der Waals surface area contributed by atoms with E-state index in [1.54, 1.807) is 0 Å². The Morgan fingerprint density at radius 2 is 2.05 bits per heavy atom. The smallest absolute Gasteiger partial charge is 0.315 e. The maximum Gasteiger partial charge on any atom is 0.315 e. The summed E-state index contributed by atoms with van der Waals surface area (Å²) >= 11 is 2.26. The number of hydrogen-bond donors (Lipinski definition) is 0. The standard InChI is InChI=1S/C17H22INO2/c1-17(16(20)21-2,11-6-4-3-5-7-12-19)14-9-8-10-15(18)13-14/h8-10,13H,3-7,11H2,1-2H3. The van der Waals surface area contributed by atoms with Gasteiger partial charge in [-0.05, 0) is 60.1 Å². The highest BCUT2D eigenvalue weighted by molar-refractivity contribution is 14.1. The molecule has 0 saturated heterocycles. The molecule has 3 nitrogen and oxygen atoms in total. The van der Waals surface area contributed by atoms with Crippen LogP contribution in [-0.4, -0.2) is 13.1 Å². The molecule has 0 saturated carbocycles. The fourth-order valence-electron chi connectivity index (χ4n) is 2.46. The molecule has 1 aromatic carbocycles. The molecule has 0 heterocycles. The van der Waals surface area contributed by atoms with Crippen LogP contribution in [0, 0.1) is 14.9 Å². The average molecular weight is 399 g/mol. The first-order valence-corrected chi connectivity index (χ1v) is 8.34. The maximum atomic E-state index is 12.2. The third-order valence-corrected chi connectivity index (χ3v) is 4.48. The van der Waals surface area contributed by atoms with Crippen LogP contribution in [0.4, 0.5) is 0 Å². The zero-order chi connectivity index (χ0) is 15.7. The van der Waals surface area contributed by atoms with Crippen molar-refractivity contribution in [2.75, 3.05) is 7.11 Å². The Morgan fingerprint density at radius 3 is 2.67 bits per heavy atom. The quantitative estimate of drug-likeness (QED) is 0.365. The summed E-state index contributed by atoms with van der Waals surface area (Å²) in [5.41, 5.74) is 0.420. The number of carbonyl (C=O) groups is 1. The van der Waals surface area contributed by atoms with E-state index in [2.05, 4.69) is 28.7 Å². The van der Waals surface area contributed by atoms with E-state index in [0.717, 1.165) is 41.2 Å². The highest BCUT2D eigenvalue weighted by atomic mass is 127. The first kappa shape index (κ1) is 18.0. The van der Waals surface area contributed by atoms with E-state index in [9.17, 15) is 4.79 Å². The van der Waals surface area contributed by atoms with Crippen molar-refractivity contribution in [3.63, 3.8) is 0 Å². The fourth-order valence-corrected chi connectivity index (χ4v) is 3.00. The first-order chi connectivity index (χ1) is 10.0. The van der Waals surface area contributed by atoms with Gasteiger partial charge in [-0.3, -0.25) is 4.79 Å². The largest absolute Gasteiger partial charge is 0.468 e. The number of esters is 1. The topological polar surface area (TPSA) is 50.1 Å². The van der Waals surface area contributed by atoms with Crippen LogP contribution >= 0.6 is 22.6 Å². The number of ether oxygens (including phenoxy) is 1. The van der Waals surface area contributed by atoms with Crippen molar-refractivity contribution in [1.29, 1.82) is 5.26 Å². The molecule has 0 aliphatic carbocycles. The molecule has 1 atom stereocenters. The molecule has 1 rings (SSSR count). The second-order valence-corrected chi connectivity index (χ2v) is 6.65. The number of benzene rings is 1. The van der Waals surface area contributed by atoms with E-state index in [0.29, 0.717) is 6.42 Å². The monoisotopic (exact) mass is 399 g/mol. The van der Waals surface area contributed by atoms with E-state index in [1.807, 2.05) is 31.2 Å². The van der Waals surface area contributed by atoms with Gasteiger partial charge in [0.05, 0.1) is 18.6 Å². The number of unbranched alkanes of at least 4 members (excludes halogenated alkanes) is 4. The van der Waals surface area contributed by atoms with Crippen molar-refractivity contribution in [1.82, 2.24) is 0 Å². The molecule has 1 aromatic rings. The SMILES string of the molecule is COC(=O)C(C)(CCCCCCC#N)c1cccc(I)c1. The van der Waals surface area contributed by atoms with Crippen molar-refractivity contribution in [3.8, 4) is 6.07 Å². The molecule has 1 unspecified atom stereocenters. The van der Waals surface area contributed by atoms with Crippen LogP contribution in [0.1, 0.15) is 51.0 Å². The molecular weight excluding hydrogens is 377 g/mol. The Labute approximate surface area is 140 Å². The van der Waals surface area contributed by atoms with Gasteiger partial charge in [-0.15, -0.1) is 0 Å². The molecule has 0 spiro atoms. The third-order valence-electron chi connectivity index (χ3n) is 3.81. The van der Waals surface area contributed by atoms with E-state index < -0.39 is 5.41 Å². The predicted octanol–water partition coefficient (Wildman–Crippen LogP) is 4.59. The summed E-state index contributed by atoms with van der Waals surface area (Å²) in [5.74, 6) is -0.179. The number of nitriles is 1. The highest BCUT2D eigenvalue weighted by Gasteiger charge is 2.35. The number of halogens is 1. The van der Waals surface area contributed by atoms with Gasteiger partial charge < -0.3 is 4.74 Å². The van der Waals surface area contributed by atoms with Crippen molar-refractivity contribution in [2.24, 2.45) is 0 Å². The van der Waals surface area contributed by atoms with E-state index in [4.69, 9.17) is 10.00 Å². The van der Waals surface area contributed by atoms with Crippen LogP contribution in [0.3, 0.4) is 0 Å². The first-order valence-electron chi connectivity index (χ1n) is 7.26. The van der Waals surface area contributed by atoms with Gasteiger partial charge >= 0.3 is 5.97 Å². The van der Waals surface area contributed by atoms with Crippen molar-refractivity contribution in [3.05, 3.63) is 33.4 Å². The average Bonchev–Trinajstić information content (AvgIpc) is 2.49. The van der Waals surface area contributed by atoms with Crippen LogP contribution in [-0.2, 0) is 14.9 Å². The minimum Gasteiger partial charge on any atom is -0.468 e. The van der Waals surface area contributed by atoms with Crippen molar-refractivity contribution < 1.29 is 9.53 Å². The minimum absolute atomic E-state index is 0.179. The lowest BCUT2D eigenvalue weighted by Gasteiger charge is -2.27. The minimum atomic E-state index is -0.592. The molecule has 4 heteroatoms. The molecule has 0 aliphatic heterocycles. The summed E-state index contributed by atoms with van der Waals surface area (Å²) in [6.45, 7) is 1.96. The number of methoxy groups -OCH3 is 1. The molecule has 0 aromatic heterocycles. The summed E-state index contributed by atoms with van der Waals surface area (Å²) in [5, 5.41) is 8.52. The second-order valence-electron chi connectivity index (χ2n) is 5.41. The summed E-state index contributed by atoms with van der Waals surface area (Å²) in [7, 11) is 1.45. The number of carbonyl (C=O) groups excluding carboxylic acids is 1. The molecule has 114 valence electrons. The van der Waals surface area contributed by atoms with Crippen molar-refractivity contribution >= 4 is 28.6 Å². The van der Waals surface area contributed by atoms with Gasteiger partial charge in [-0.25, -0.2) is 0 Å². The fraction of sp³-hybridized carbons (Fsp3) is 0.529. The van der Waals surface area contributed by atoms with Crippen LogP contribution in [0.2, 0.25) is 0 Å². The third kappa shape index (κ3) is 5.31. The predicted molar refractivity (Wildman–Crippen MR) is 91.8 cm³/mol. The Kier molecular flexibility index (Phi) is 7.73. The molecular formula is C17H22INO2. The Bertz CT molecular complexity index is 510. The lowest BCUT2D eigenvalue weighted by molar-refractivity contribution is -0.147. The Morgan fingerprint density at radius 1 is 1.33 bits per heavy atom. The molecule has 0 aliphatic rings. The van der Waals surface area contributed by atoms with Gasteiger partial charge in [0.25, 0.3) is 0 Å². The van der Waals surface area contributed by atoms with E-state index in [1.165, 1.54) is 7.11 Å². The van der Waals surface area contributed by atoms with Gasteiger partial charge in [-0.2, -0.15) is 5.26 Å². The summed E-state index contributed by atoms with van der Waals surface area (Å²) in [4.78, 5) is 12.2. The van der Waals surface area contributed by atoms with Crippen LogP contribution in [0.25, 0.3) is 0 Å². The van der Waals surface area contributed by atoms with Crippen molar-refractivity contribution in [2.45, 2.75) is 50.9 Å². The Balaban J connectivity index is 2.72. The molecule has 21 heavy (non-hydrogen) atoms. The van der Waals surface area contributed by atoms with E-state index in [-0.39, 0.29) is 5.97 Å². The number of hydrogen-bond acceptors (Lipinski definition) is 3. The molecule has 0 N–H and O–H groups in total. The Hall–Kier alpha value is -1.09. The maximum absolute atomic E-state index is 12.2. The molecule has 0 bridgehead atoms. The second kappa shape index (κ2) is 9.04. The van der Waals surface area contributed by atoms with E-state index >= 15 is 0 Å². The normalized spacial score (nSPS) is 13.2. The lowest BCUT2D eigenvalue weighted by atomic mass is 9.78. The zero-order valence-electron chi connectivity index (χ0n) is 12.7. The van der Waals surface area contributed by atoms with Crippen LogP contribution in [0.5, 0.6) is 0 Å². The highest BCUT2D eigenvalue weighted by Crippen LogP contribution is 2.32. The molecule has 0 amide bonds. The zero-order valence-corrected chi connectivity index (χ0v) is 14.9. The lowest BCUT2D eigenvalue weighted by Crippen LogP contribution is -2.33. The number of rotatable bonds is 8. The summed E-state index contributed by atoms with van der Waals surface area (Å²) < 4.78 is 6.14. The molecule has 0 fully saturated rings. The van der Waals surface area contributed by atoms with Gasteiger partial charge in [-0.1, -0.05) is 31.4 Å². The summed E-state index contributed by atoms with van der Waals surface area (Å²) in [6.07, 6.45) is 5.37. The van der Waals surface area contributed by atoms with Crippen LogP contribution < -0.4 is 0 Å². The van der Waals surface area contributed by atoms with Gasteiger partial charge in [0.2, 0.25) is 0 Å². The van der Waals surface area contributed by atoms with Gasteiger partial charge in [0, 0.05) is 9.99 Å². The molecule has 0 radical (unpaired) electrons. The van der Waals surface area contributed by atoms with Gasteiger partial charge in [0.15, 0.2) is 0 Å². The van der Waals surface area contributed by atoms with Crippen LogP contribution in [0.15, 0.2) is 24.3 Å². The number of nitrogens with zero attached hydrogens (tertiary/aromatic N) is 1.